The average Bonchev–Trinajstić information content (AvgIpc) is 2.81. The number of halogens is 1. The number of nitrogens with zero attached hydrogens (tertiary/aromatic N) is 2. The highest BCUT2D eigenvalue weighted by Gasteiger charge is 2.16. The van der Waals surface area contributed by atoms with Crippen molar-refractivity contribution >= 4 is 23.1 Å². The lowest BCUT2D eigenvalue weighted by molar-refractivity contribution is 0.758. The first-order valence-electron chi connectivity index (χ1n) is 5.39. The van der Waals surface area contributed by atoms with Gasteiger partial charge in [0.2, 0.25) is 0 Å². The summed E-state index contributed by atoms with van der Waals surface area (Å²) in [6.45, 7) is 1.62. The van der Waals surface area contributed by atoms with Gasteiger partial charge in [0.1, 0.15) is 12.1 Å². The number of hydrogen-bond donors (Lipinski definition) is 2. The van der Waals surface area contributed by atoms with Gasteiger partial charge in [0.15, 0.2) is 0 Å². The Morgan fingerprint density at radius 3 is 2.76 bits per heavy atom. The molecule has 0 saturated carbocycles. The molecule has 0 amide bonds. The highest BCUT2D eigenvalue weighted by molar-refractivity contribution is 6.30. The molecule has 0 atom stereocenters. The van der Waals surface area contributed by atoms with Crippen LogP contribution in [-0.4, -0.2) is 9.97 Å². The Labute approximate surface area is 104 Å². The lowest BCUT2D eigenvalue weighted by Crippen LogP contribution is -2.02. The van der Waals surface area contributed by atoms with Crippen LogP contribution in [0.5, 0.6) is 0 Å². The molecule has 2 heterocycles. The smallest absolute Gasteiger partial charge is 0.138 e. The van der Waals surface area contributed by atoms with Crippen LogP contribution in [0.3, 0.4) is 0 Å². The molecule has 0 spiro atoms. The van der Waals surface area contributed by atoms with Gasteiger partial charge in [-0.2, -0.15) is 0 Å². The van der Waals surface area contributed by atoms with E-state index in [4.69, 9.17) is 11.6 Å². The normalized spacial score (nSPS) is 13.5. The predicted molar refractivity (Wildman–Crippen MR) is 67.3 cm³/mol. The van der Waals surface area contributed by atoms with Crippen LogP contribution < -0.4 is 10.6 Å². The minimum Gasteiger partial charge on any atom is -0.340 e. The Morgan fingerprint density at radius 1 is 1.12 bits per heavy atom. The molecular formula is C12H11ClN4. The Bertz CT molecular complexity index is 539. The van der Waals surface area contributed by atoms with Crippen LogP contribution in [0.1, 0.15) is 11.3 Å². The van der Waals surface area contributed by atoms with Gasteiger partial charge in [-0.1, -0.05) is 11.6 Å². The van der Waals surface area contributed by atoms with Gasteiger partial charge in [-0.3, -0.25) is 0 Å². The fourth-order valence-corrected chi connectivity index (χ4v) is 2.00. The van der Waals surface area contributed by atoms with E-state index in [0.29, 0.717) is 0 Å². The maximum Gasteiger partial charge on any atom is 0.138 e. The molecule has 0 bridgehead atoms. The summed E-state index contributed by atoms with van der Waals surface area (Å²) in [5.41, 5.74) is 3.18. The standard InChI is InChI=1S/C12H11ClN4/c13-8-1-3-9(4-2-8)17-12-10-5-14-6-11(10)15-7-16-12/h1-4,7,14H,5-6H2,(H,15,16,17). The monoisotopic (exact) mass is 246 g/mol. The Morgan fingerprint density at radius 2 is 1.94 bits per heavy atom. The minimum absolute atomic E-state index is 0.727. The lowest BCUT2D eigenvalue weighted by Gasteiger charge is -2.08. The number of anilines is 2. The predicted octanol–water partition coefficient (Wildman–Crippen LogP) is 2.48. The molecule has 4 nitrogen and oxygen atoms in total. The van der Waals surface area contributed by atoms with E-state index in [1.165, 1.54) is 0 Å². The van der Waals surface area contributed by atoms with Crippen LogP contribution >= 0.6 is 11.6 Å². The van der Waals surface area contributed by atoms with Gasteiger partial charge in [0.05, 0.1) is 5.69 Å². The molecule has 1 aromatic heterocycles. The van der Waals surface area contributed by atoms with E-state index >= 15 is 0 Å². The Balaban J connectivity index is 1.91. The van der Waals surface area contributed by atoms with Gasteiger partial charge < -0.3 is 10.6 Å². The molecule has 0 saturated heterocycles. The minimum atomic E-state index is 0.727. The topological polar surface area (TPSA) is 49.8 Å². The SMILES string of the molecule is Clc1ccc(Nc2ncnc3c2CNC3)cc1. The van der Waals surface area contributed by atoms with Crippen molar-refractivity contribution in [1.82, 2.24) is 15.3 Å². The summed E-state index contributed by atoms with van der Waals surface area (Å²) in [6, 6.07) is 7.56. The van der Waals surface area contributed by atoms with Crippen LogP contribution in [0, 0.1) is 0 Å². The fraction of sp³-hybridized carbons (Fsp3) is 0.167. The zero-order valence-corrected chi connectivity index (χ0v) is 9.83. The molecule has 1 aliphatic heterocycles. The number of rotatable bonds is 2. The Kier molecular flexibility index (Phi) is 2.66. The number of hydrogen-bond acceptors (Lipinski definition) is 4. The number of benzene rings is 1. The van der Waals surface area contributed by atoms with Crippen molar-refractivity contribution in [2.24, 2.45) is 0 Å². The molecule has 86 valence electrons. The van der Waals surface area contributed by atoms with E-state index in [0.717, 1.165) is 40.9 Å². The molecule has 1 aromatic carbocycles. The van der Waals surface area contributed by atoms with Crippen molar-refractivity contribution in [3.8, 4) is 0 Å². The molecule has 2 aromatic rings. The fourth-order valence-electron chi connectivity index (χ4n) is 1.87. The summed E-state index contributed by atoms with van der Waals surface area (Å²) in [4.78, 5) is 8.51. The van der Waals surface area contributed by atoms with E-state index in [1.54, 1.807) is 6.33 Å². The summed E-state index contributed by atoms with van der Waals surface area (Å²) in [5.74, 6) is 0.863. The number of nitrogens with one attached hydrogen (secondary N) is 2. The number of fused-ring (bicyclic) bond motifs is 1. The maximum absolute atomic E-state index is 5.85. The average molecular weight is 247 g/mol. The second kappa shape index (κ2) is 4.31. The molecule has 1 aliphatic rings. The quantitative estimate of drug-likeness (QED) is 0.855. The summed E-state index contributed by atoms with van der Waals surface area (Å²) < 4.78 is 0. The van der Waals surface area contributed by atoms with E-state index in [9.17, 15) is 0 Å². The Hall–Kier alpha value is -1.65. The van der Waals surface area contributed by atoms with Crippen LogP contribution in [0.4, 0.5) is 11.5 Å². The molecule has 0 fully saturated rings. The molecule has 2 N–H and O–H groups in total. The molecule has 17 heavy (non-hydrogen) atoms. The van der Waals surface area contributed by atoms with Gasteiger partial charge in [0, 0.05) is 29.4 Å². The largest absolute Gasteiger partial charge is 0.340 e. The van der Waals surface area contributed by atoms with Gasteiger partial charge in [0.25, 0.3) is 0 Å². The molecule has 0 aliphatic carbocycles. The maximum atomic E-state index is 5.85. The highest BCUT2D eigenvalue weighted by Crippen LogP contribution is 2.24. The van der Waals surface area contributed by atoms with E-state index in [1.807, 2.05) is 24.3 Å². The first-order valence-corrected chi connectivity index (χ1v) is 5.77. The van der Waals surface area contributed by atoms with Crippen molar-refractivity contribution in [3.63, 3.8) is 0 Å². The van der Waals surface area contributed by atoms with Gasteiger partial charge in [-0.15, -0.1) is 0 Å². The third-order valence-electron chi connectivity index (χ3n) is 2.74. The third-order valence-corrected chi connectivity index (χ3v) is 2.99. The molecule has 3 rings (SSSR count). The first kappa shape index (κ1) is 10.5. The second-order valence-corrected chi connectivity index (χ2v) is 4.32. The zero-order valence-electron chi connectivity index (χ0n) is 9.07. The third kappa shape index (κ3) is 2.09. The van der Waals surface area contributed by atoms with Gasteiger partial charge in [-0.05, 0) is 24.3 Å². The zero-order chi connectivity index (χ0) is 11.7. The van der Waals surface area contributed by atoms with Crippen molar-refractivity contribution in [2.45, 2.75) is 13.1 Å². The van der Waals surface area contributed by atoms with Crippen molar-refractivity contribution in [3.05, 3.63) is 46.9 Å². The lowest BCUT2D eigenvalue weighted by atomic mass is 10.2. The van der Waals surface area contributed by atoms with Crippen molar-refractivity contribution in [2.75, 3.05) is 5.32 Å². The van der Waals surface area contributed by atoms with Crippen LogP contribution in [0.15, 0.2) is 30.6 Å². The summed E-state index contributed by atoms with van der Waals surface area (Å²) in [5, 5.41) is 7.27. The molecular weight excluding hydrogens is 236 g/mol. The molecule has 0 radical (unpaired) electrons. The van der Waals surface area contributed by atoms with Crippen LogP contribution in [-0.2, 0) is 13.1 Å². The van der Waals surface area contributed by atoms with Crippen LogP contribution in [0.2, 0.25) is 5.02 Å². The summed E-state index contributed by atoms with van der Waals surface area (Å²) in [7, 11) is 0. The van der Waals surface area contributed by atoms with Crippen molar-refractivity contribution < 1.29 is 0 Å². The number of aromatic nitrogens is 2. The first-order chi connectivity index (χ1) is 8.33. The summed E-state index contributed by atoms with van der Waals surface area (Å²) >= 11 is 5.85. The molecule has 5 heteroatoms. The van der Waals surface area contributed by atoms with Gasteiger partial charge >= 0.3 is 0 Å². The van der Waals surface area contributed by atoms with Crippen LogP contribution in [0.25, 0.3) is 0 Å². The highest BCUT2D eigenvalue weighted by atomic mass is 35.5. The van der Waals surface area contributed by atoms with Crippen molar-refractivity contribution in [1.29, 1.82) is 0 Å². The summed E-state index contributed by atoms with van der Waals surface area (Å²) in [6.07, 6.45) is 1.59. The van der Waals surface area contributed by atoms with E-state index in [2.05, 4.69) is 20.6 Å². The van der Waals surface area contributed by atoms with E-state index < -0.39 is 0 Å². The van der Waals surface area contributed by atoms with Gasteiger partial charge in [-0.25, -0.2) is 9.97 Å². The second-order valence-electron chi connectivity index (χ2n) is 3.88. The van der Waals surface area contributed by atoms with E-state index in [-0.39, 0.29) is 0 Å². The molecule has 0 unspecified atom stereocenters.